The number of fused-ring (bicyclic) bond motifs is 1. The Bertz CT molecular complexity index is 1460. The van der Waals surface area contributed by atoms with Crippen LogP contribution in [0.25, 0.3) is 5.69 Å². The zero-order chi connectivity index (χ0) is 24.2. The second kappa shape index (κ2) is 7.90. The molecule has 8 nitrogen and oxygen atoms in total. The highest BCUT2D eigenvalue weighted by Crippen LogP contribution is 2.41. The lowest BCUT2D eigenvalue weighted by atomic mass is 9.86. The predicted octanol–water partition coefficient (Wildman–Crippen LogP) is 3.31. The Morgan fingerprint density at radius 3 is 2.45 bits per heavy atom. The number of rotatable bonds is 4. The van der Waals surface area contributed by atoms with Crippen LogP contribution in [0.1, 0.15) is 35.3 Å². The highest BCUT2D eigenvalue weighted by molar-refractivity contribution is 6.42. The number of likely N-dealkylation sites (N-methyl/N-ethyl adjacent to an activating group) is 1. The molecule has 1 aromatic heterocycles. The van der Waals surface area contributed by atoms with Crippen LogP contribution >= 0.6 is 23.2 Å². The summed E-state index contributed by atoms with van der Waals surface area (Å²) in [5.41, 5.74) is -1.04. The molecule has 33 heavy (non-hydrogen) atoms. The molecule has 0 fully saturated rings. The van der Waals surface area contributed by atoms with Crippen molar-refractivity contribution in [3.8, 4) is 5.69 Å². The van der Waals surface area contributed by atoms with Gasteiger partial charge < -0.3 is 10.0 Å². The number of benzene rings is 2. The monoisotopic (exact) mass is 487 g/mol. The van der Waals surface area contributed by atoms with Gasteiger partial charge in [0.2, 0.25) is 5.91 Å². The first-order valence-electron chi connectivity index (χ1n) is 9.91. The number of aromatic carboxylic acids is 1. The number of carboxylic acid groups (broad SMARTS) is 1. The molecular formula is C23H19Cl2N3O5. The number of hydrogen-bond acceptors (Lipinski definition) is 4. The van der Waals surface area contributed by atoms with E-state index < -0.39 is 28.2 Å². The van der Waals surface area contributed by atoms with E-state index in [-0.39, 0.29) is 22.5 Å². The molecule has 0 saturated heterocycles. The molecule has 1 N–H and O–H groups in total. The maximum absolute atomic E-state index is 13.3. The van der Waals surface area contributed by atoms with Crippen LogP contribution < -0.4 is 16.1 Å². The van der Waals surface area contributed by atoms with Crippen molar-refractivity contribution in [2.75, 3.05) is 11.9 Å². The first-order chi connectivity index (χ1) is 15.4. The second-order valence-electron chi connectivity index (χ2n) is 8.30. The summed E-state index contributed by atoms with van der Waals surface area (Å²) in [5.74, 6) is -1.58. The van der Waals surface area contributed by atoms with Gasteiger partial charge in [0.15, 0.2) is 0 Å². The number of aromatic nitrogens is 2. The van der Waals surface area contributed by atoms with Gasteiger partial charge in [0.05, 0.1) is 27.7 Å². The van der Waals surface area contributed by atoms with Crippen molar-refractivity contribution in [2.24, 2.45) is 0 Å². The van der Waals surface area contributed by atoms with Crippen LogP contribution in [0.3, 0.4) is 0 Å². The van der Waals surface area contributed by atoms with Gasteiger partial charge in [-0.15, -0.1) is 0 Å². The molecule has 1 aliphatic rings. The number of carbonyl (C=O) groups is 2. The molecule has 0 bridgehead atoms. The van der Waals surface area contributed by atoms with E-state index in [1.54, 1.807) is 57.3 Å². The minimum absolute atomic E-state index is 0.103. The van der Waals surface area contributed by atoms with E-state index in [4.69, 9.17) is 23.2 Å². The van der Waals surface area contributed by atoms with Crippen LogP contribution in [0.15, 0.2) is 52.2 Å². The summed E-state index contributed by atoms with van der Waals surface area (Å²) in [6.07, 6.45) is 0.998. The van der Waals surface area contributed by atoms with E-state index in [1.807, 2.05) is 0 Å². The second-order valence-corrected chi connectivity index (χ2v) is 9.08. The van der Waals surface area contributed by atoms with Crippen molar-refractivity contribution in [3.05, 3.63) is 90.2 Å². The third kappa shape index (κ3) is 3.55. The Morgan fingerprint density at radius 1 is 1.09 bits per heavy atom. The van der Waals surface area contributed by atoms with Gasteiger partial charge in [-0.25, -0.2) is 9.59 Å². The predicted molar refractivity (Wildman–Crippen MR) is 125 cm³/mol. The van der Waals surface area contributed by atoms with Gasteiger partial charge in [-0.2, -0.15) is 0 Å². The molecule has 170 valence electrons. The highest BCUT2D eigenvalue weighted by atomic mass is 35.5. The zero-order valence-corrected chi connectivity index (χ0v) is 19.4. The van der Waals surface area contributed by atoms with E-state index >= 15 is 0 Å². The summed E-state index contributed by atoms with van der Waals surface area (Å²) >= 11 is 12.3. The van der Waals surface area contributed by atoms with Gasteiger partial charge in [0.1, 0.15) is 5.56 Å². The standard InChI is InChI=1S/C23H19Cl2N3O5/c1-23(2)15-9-13(7-8-17(15)26(3)21(23)32)27-11-14(20(30)31)19(29)28(22(27)33)10-12-5-4-6-16(24)18(12)25/h4-9,11H,10H2,1-3H3,(H,30,31). The number of carbonyl (C=O) groups excluding carboxylic acids is 1. The Balaban J connectivity index is 1.95. The molecule has 0 aliphatic carbocycles. The quantitative estimate of drug-likeness (QED) is 0.608. The smallest absolute Gasteiger partial charge is 0.342 e. The molecule has 0 radical (unpaired) electrons. The van der Waals surface area contributed by atoms with Crippen molar-refractivity contribution in [1.82, 2.24) is 9.13 Å². The number of carboxylic acids is 1. The number of anilines is 1. The summed E-state index contributed by atoms with van der Waals surface area (Å²) in [7, 11) is 1.67. The van der Waals surface area contributed by atoms with Crippen molar-refractivity contribution >= 4 is 40.8 Å². The van der Waals surface area contributed by atoms with Gasteiger partial charge in [-0.1, -0.05) is 35.3 Å². The molecule has 1 amide bonds. The Kier molecular flexibility index (Phi) is 5.46. The Labute approximate surface area is 198 Å². The van der Waals surface area contributed by atoms with Crippen LogP contribution in [-0.4, -0.2) is 33.2 Å². The van der Waals surface area contributed by atoms with Crippen molar-refractivity contribution in [3.63, 3.8) is 0 Å². The number of hydrogen-bond donors (Lipinski definition) is 1. The third-order valence-corrected chi connectivity index (χ3v) is 6.75. The number of halogens is 2. The first-order valence-corrected chi connectivity index (χ1v) is 10.7. The first kappa shape index (κ1) is 22.8. The molecule has 3 aromatic rings. The van der Waals surface area contributed by atoms with Gasteiger partial charge in [-0.05, 0) is 49.2 Å². The fourth-order valence-electron chi connectivity index (χ4n) is 4.02. The van der Waals surface area contributed by atoms with Crippen molar-refractivity contribution in [1.29, 1.82) is 0 Å². The van der Waals surface area contributed by atoms with Gasteiger partial charge in [-0.3, -0.25) is 18.7 Å². The van der Waals surface area contributed by atoms with Crippen LogP contribution in [0.5, 0.6) is 0 Å². The minimum Gasteiger partial charge on any atom is -0.477 e. The fourth-order valence-corrected chi connectivity index (χ4v) is 4.40. The lowest BCUT2D eigenvalue weighted by Crippen LogP contribution is -2.42. The summed E-state index contributed by atoms with van der Waals surface area (Å²) in [6.45, 7) is 3.28. The lowest BCUT2D eigenvalue weighted by molar-refractivity contribution is -0.121. The Morgan fingerprint density at radius 2 is 1.79 bits per heavy atom. The number of amides is 1. The molecule has 1 aliphatic heterocycles. The molecule has 2 aromatic carbocycles. The van der Waals surface area contributed by atoms with Gasteiger partial charge >= 0.3 is 11.7 Å². The molecule has 0 spiro atoms. The minimum atomic E-state index is -1.48. The van der Waals surface area contributed by atoms with Gasteiger partial charge in [0.25, 0.3) is 5.56 Å². The SMILES string of the molecule is CN1C(=O)C(C)(C)c2cc(-n3cc(C(=O)O)c(=O)n(Cc4cccc(Cl)c4Cl)c3=O)ccc21. The van der Waals surface area contributed by atoms with E-state index in [9.17, 15) is 24.3 Å². The molecule has 0 atom stereocenters. The van der Waals surface area contributed by atoms with E-state index in [0.29, 0.717) is 22.5 Å². The fraction of sp³-hybridized carbons (Fsp3) is 0.217. The maximum atomic E-state index is 13.3. The maximum Gasteiger partial charge on any atom is 0.342 e. The summed E-state index contributed by atoms with van der Waals surface area (Å²) in [6, 6.07) is 9.71. The summed E-state index contributed by atoms with van der Waals surface area (Å²) in [5, 5.41) is 10.0. The lowest BCUT2D eigenvalue weighted by Gasteiger charge is -2.17. The van der Waals surface area contributed by atoms with Crippen molar-refractivity contribution in [2.45, 2.75) is 25.8 Å². The van der Waals surface area contributed by atoms with E-state index in [2.05, 4.69) is 0 Å². The molecule has 10 heteroatoms. The zero-order valence-electron chi connectivity index (χ0n) is 17.9. The van der Waals surface area contributed by atoms with E-state index in [0.717, 1.165) is 15.3 Å². The summed E-state index contributed by atoms with van der Waals surface area (Å²) in [4.78, 5) is 52.1. The largest absolute Gasteiger partial charge is 0.477 e. The van der Waals surface area contributed by atoms with Crippen LogP contribution in [-0.2, 0) is 16.8 Å². The molecule has 0 unspecified atom stereocenters. The normalized spacial score (nSPS) is 14.5. The van der Waals surface area contributed by atoms with Gasteiger partial charge in [0, 0.05) is 18.9 Å². The highest BCUT2D eigenvalue weighted by Gasteiger charge is 2.42. The summed E-state index contributed by atoms with van der Waals surface area (Å²) < 4.78 is 1.89. The third-order valence-electron chi connectivity index (χ3n) is 5.89. The van der Waals surface area contributed by atoms with Crippen LogP contribution in [0.2, 0.25) is 10.0 Å². The van der Waals surface area contributed by atoms with Crippen LogP contribution in [0, 0.1) is 0 Å². The molecule has 4 rings (SSSR count). The van der Waals surface area contributed by atoms with Crippen LogP contribution in [0.4, 0.5) is 5.69 Å². The van der Waals surface area contributed by atoms with Crippen molar-refractivity contribution < 1.29 is 14.7 Å². The molecule has 0 saturated carbocycles. The number of nitrogens with zero attached hydrogens (tertiary/aromatic N) is 3. The van der Waals surface area contributed by atoms with E-state index in [1.165, 1.54) is 4.90 Å². The molecule has 2 heterocycles. The Hall–Kier alpha value is -3.36. The molecular weight excluding hydrogens is 469 g/mol. The average Bonchev–Trinajstić information content (AvgIpc) is 2.93. The average molecular weight is 488 g/mol. The topological polar surface area (TPSA) is 102 Å².